The summed E-state index contributed by atoms with van der Waals surface area (Å²) >= 11 is 0. The van der Waals surface area contributed by atoms with Crippen molar-refractivity contribution in [3.05, 3.63) is 48.5 Å². The first kappa shape index (κ1) is 17.5. The van der Waals surface area contributed by atoms with Crippen LogP contribution in [0.1, 0.15) is 6.42 Å². The Bertz CT molecular complexity index is 660. The van der Waals surface area contributed by atoms with E-state index in [4.69, 9.17) is 19.9 Å². The van der Waals surface area contributed by atoms with E-state index < -0.39 is 0 Å². The molecule has 3 N–H and O–H groups in total. The summed E-state index contributed by atoms with van der Waals surface area (Å²) in [4.78, 5) is 4.28. The maximum atomic E-state index is 5.89. The van der Waals surface area contributed by atoms with E-state index in [-0.39, 0.29) is 0 Å². The lowest BCUT2D eigenvalue weighted by molar-refractivity contribution is 0.313. The monoisotopic (exact) mass is 329 g/mol. The molecular weight excluding hydrogens is 306 g/mol. The van der Waals surface area contributed by atoms with Gasteiger partial charge in [-0.2, -0.15) is 0 Å². The number of methoxy groups -OCH3 is 2. The van der Waals surface area contributed by atoms with Gasteiger partial charge < -0.3 is 25.3 Å². The number of rotatable bonds is 8. The van der Waals surface area contributed by atoms with Crippen molar-refractivity contribution >= 4 is 11.6 Å². The zero-order chi connectivity index (χ0) is 17.2. The molecule has 0 bridgehead atoms. The van der Waals surface area contributed by atoms with Crippen LogP contribution in [0.4, 0.5) is 5.69 Å². The Kier molecular flexibility index (Phi) is 6.76. The Labute approximate surface area is 142 Å². The van der Waals surface area contributed by atoms with Crippen LogP contribution >= 0.6 is 0 Å². The number of para-hydroxylation sites is 1. The molecule has 6 heteroatoms. The van der Waals surface area contributed by atoms with Crippen molar-refractivity contribution in [2.45, 2.75) is 6.42 Å². The minimum atomic E-state index is 0.349. The van der Waals surface area contributed by atoms with Gasteiger partial charge in [0.2, 0.25) is 0 Å². The van der Waals surface area contributed by atoms with Gasteiger partial charge in [-0.25, -0.2) is 0 Å². The standard InChI is InChI=1S/C18H23N3O3/c1-22-16-10-9-14(13-17(16)23-2)21-18(19)20-11-6-12-24-15-7-4-3-5-8-15/h3-5,7-10,13H,6,11-12H2,1-2H3,(H3,19,20,21). The third-order valence-corrected chi connectivity index (χ3v) is 3.25. The predicted octanol–water partition coefficient (Wildman–Crippen LogP) is 2.90. The molecule has 0 unspecified atom stereocenters. The van der Waals surface area contributed by atoms with E-state index in [0.717, 1.165) is 17.9 Å². The predicted molar refractivity (Wildman–Crippen MR) is 96.2 cm³/mol. The van der Waals surface area contributed by atoms with Gasteiger partial charge >= 0.3 is 0 Å². The fourth-order valence-corrected chi connectivity index (χ4v) is 2.07. The summed E-state index contributed by atoms with van der Waals surface area (Å²) in [7, 11) is 3.18. The van der Waals surface area contributed by atoms with Crippen LogP contribution in [0.25, 0.3) is 0 Å². The molecule has 2 aromatic carbocycles. The molecular formula is C18H23N3O3. The average Bonchev–Trinajstić information content (AvgIpc) is 2.62. The first-order valence-corrected chi connectivity index (χ1v) is 7.69. The molecule has 0 amide bonds. The largest absolute Gasteiger partial charge is 0.494 e. The highest BCUT2D eigenvalue weighted by Crippen LogP contribution is 2.29. The maximum Gasteiger partial charge on any atom is 0.193 e. The SMILES string of the molecule is COc1ccc(NC(N)=NCCCOc2ccccc2)cc1OC. The normalized spacial score (nSPS) is 11.0. The van der Waals surface area contributed by atoms with Crippen molar-refractivity contribution in [3.63, 3.8) is 0 Å². The van der Waals surface area contributed by atoms with E-state index in [1.54, 1.807) is 20.3 Å². The van der Waals surface area contributed by atoms with Gasteiger partial charge in [0.05, 0.1) is 20.8 Å². The Morgan fingerprint density at radius 2 is 1.79 bits per heavy atom. The summed E-state index contributed by atoms with van der Waals surface area (Å²) in [6, 6.07) is 15.2. The summed E-state index contributed by atoms with van der Waals surface area (Å²) in [5, 5.41) is 3.03. The average molecular weight is 329 g/mol. The van der Waals surface area contributed by atoms with Crippen molar-refractivity contribution in [1.29, 1.82) is 0 Å². The number of aliphatic imine (C=N–C) groups is 1. The van der Waals surface area contributed by atoms with Crippen LogP contribution in [-0.2, 0) is 0 Å². The molecule has 0 saturated carbocycles. The number of hydrogen-bond donors (Lipinski definition) is 2. The van der Waals surface area contributed by atoms with Crippen LogP contribution in [0.3, 0.4) is 0 Å². The van der Waals surface area contributed by atoms with Crippen LogP contribution in [0.2, 0.25) is 0 Å². The maximum absolute atomic E-state index is 5.89. The second-order valence-corrected chi connectivity index (χ2v) is 4.98. The van der Waals surface area contributed by atoms with Gasteiger partial charge in [-0.05, 0) is 24.3 Å². The van der Waals surface area contributed by atoms with Gasteiger partial charge in [-0.1, -0.05) is 18.2 Å². The highest BCUT2D eigenvalue weighted by atomic mass is 16.5. The van der Waals surface area contributed by atoms with E-state index >= 15 is 0 Å². The Morgan fingerprint density at radius 1 is 1.04 bits per heavy atom. The van der Waals surface area contributed by atoms with Gasteiger partial charge in [0.1, 0.15) is 5.75 Å². The molecule has 0 aliphatic heterocycles. The Morgan fingerprint density at radius 3 is 2.50 bits per heavy atom. The highest BCUT2D eigenvalue weighted by molar-refractivity contribution is 5.92. The summed E-state index contributed by atoms with van der Waals surface area (Å²) in [5.74, 6) is 2.50. The van der Waals surface area contributed by atoms with Gasteiger partial charge in [0.15, 0.2) is 17.5 Å². The lowest BCUT2D eigenvalue weighted by atomic mass is 10.3. The number of guanidine groups is 1. The van der Waals surface area contributed by atoms with Crippen molar-refractivity contribution in [3.8, 4) is 17.2 Å². The van der Waals surface area contributed by atoms with E-state index in [1.807, 2.05) is 42.5 Å². The molecule has 0 radical (unpaired) electrons. The van der Waals surface area contributed by atoms with E-state index in [9.17, 15) is 0 Å². The molecule has 0 spiro atoms. The molecule has 128 valence electrons. The van der Waals surface area contributed by atoms with Crippen LogP contribution in [0.5, 0.6) is 17.2 Å². The highest BCUT2D eigenvalue weighted by Gasteiger charge is 2.04. The zero-order valence-corrected chi connectivity index (χ0v) is 14.0. The number of ether oxygens (including phenoxy) is 3. The fraction of sp³-hybridized carbons (Fsp3) is 0.278. The van der Waals surface area contributed by atoms with Gasteiger partial charge in [0.25, 0.3) is 0 Å². The quantitative estimate of drug-likeness (QED) is 0.442. The molecule has 0 atom stereocenters. The number of hydrogen-bond acceptors (Lipinski definition) is 4. The summed E-state index contributed by atoms with van der Waals surface area (Å²) in [5.41, 5.74) is 6.67. The van der Waals surface area contributed by atoms with Gasteiger partial charge in [0, 0.05) is 24.7 Å². The Hall–Kier alpha value is -2.89. The lowest BCUT2D eigenvalue weighted by Gasteiger charge is -2.11. The number of nitrogens with zero attached hydrogens (tertiary/aromatic N) is 1. The van der Waals surface area contributed by atoms with Crippen molar-refractivity contribution in [2.24, 2.45) is 10.7 Å². The molecule has 2 aromatic rings. The summed E-state index contributed by atoms with van der Waals surface area (Å²) in [6.45, 7) is 1.18. The second kappa shape index (κ2) is 9.29. The van der Waals surface area contributed by atoms with Crippen LogP contribution in [0.15, 0.2) is 53.5 Å². The van der Waals surface area contributed by atoms with Crippen molar-refractivity contribution in [2.75, 3.05) is 32.7 Å². The third-order valence-electron chi connectivity index (χ3n) is 3.25. The third kappa shape index (κ3) is 5.39. The van der Waals surface area contributed by atoms with E-state index in [2.05, 4.69) is 10.3 Å². The summed E-state index contributed by atoms with van der Waals surface area (Å²) < 4.78 is 16.0. The lowest BCUT2D eigenvalue weighted by Crippen LogP contribution is -2.23. The second-order valence-electron chi connectivity index (χ2n) is 4.98. The first-order chi connectivity index (χ1) is 11.7. The molecule has 0 heterocycles. The molecule has 6 nitrogen and oxygen atoms in total. The number of nitrogens with one attached hydrogen (secondary N) is 1. The molecule has 0 aliphatic carbocycles. The summed E-state index contributed by atoms with van der Waals surface area (Å²) in [6.07, 6.45) is 0.781. The van der Waals surface area contributed by atoms with Crippen LogP contribution in [-0.4, -0.2) is 33.3 Å². The topological polar surface area (TPSA) is 78.1 Å². The van der Waals surface area contributed by atoms with Crippen molar-refractivity contribution in [1.82, 2.24) is 0 Å². The minimum absolute atomic E-state index is 0.349. The van der Waals surface area contributed by atoms with Gasteiger partial charge in [-0.3, -0.25) is 4.99 Å². The first-order valence-electron chi connectivity index (χ1n) is 7.69. The number of nitrogens with two attached hydrogens (primary N) is 1. The fourth-order valence-electron chi connectivity index (χ4n) is 2.07. The molecule has 2 rings (SSSR count). The molecule has 0 fully saturated rings. The van der Waals surface area contributed by atoms with Crippen molar-refractivity contribution < 1.29 is 14.2 Å². The molecule has 0 aromatic heterocycles. The smallest absolute Gasteiger partial charge is 0.193 e. The molecule has 24 heavy (non-hydrogen) atoms. The van der Waals surface area contributed by atoms with E-state index in [1.165, 1.54) is 0 Å². The van der Waals surface area contributed by atoms with Crippen LogP contribution in [0, 0.1) is 0 Å². The molecule has 0 aliphatic rings. The minimum Gasteiger partial charge on any atom is -0.494 e. The molecule has 0 saturated heterocycles. The van der Waals surface area contributed by atoms with E-state index in [0.29, 0.717) is 30.6 Å². The number of benzene rings is 2. The van der Waals surface area contributed by atoms with Crippen LogP contribution < -0.4 is 25.3 Å². The number of anilines is 1. The zero-order valence-electron chi connectivity index (χ0n) is 14.0. The Balaban J connectivity index is 1.77. The van der Waals surface area contributed by atoms with Gasteiger partial charge in [-0.15, -0.1) is 0 Å².